The molecule has 1 fully saturated rings. The molecule has 2 aromatic rings. The summed E-state index contributed by atoms with van der Waals surface area (Å²) >= 11 is 0. The molecule has 1 saturated heterocycles. The third-order valence-corrected chi connectivity index (χ3v) is 4.09. The van der Waals surface area contributed by atoms with Crippen LogP contribution in [0, 0.1) is 0 Å². The standard InChI is InChI=1S/C17H19F2N5O2/c1-20-16(25)12-6-7-15(23-22-12)21-11-8-9-24(10-11)13-4-2-3-5-14(13)26-17(18)19/h2-7,11,17H,8-10H2,1H3,(H,20,25)(H,21,23). The highest BCUT2D eigenvalue weighted by Crippen LogP contribution is 2.32. The Kier molecular flexibility index (Phi) is 5.45. The lowest BCUT2D eigenvalue weighted by Crippen LogP contribution is -2.27. The molecule has 0 bridgehead atoms. The van der Waals surface area contributed by atoms with Crippen molar-refractivity contribution < 1.29 is 18.3 Å². The van der Waals surface area contributed by atoms with Gasteiger partial charge in [-0.3, -0.25) is 4.79 Å². The molecule has 138 valence electrons. The van der Waals surface area contributed by atoms with Crippen molar-refractivity contribution in [1.82, 2.24) is 15.5 Å². The SMILES string of the molecule is CNC(=O)c1ccc(NC2CCN(c3ccccc3OC(F)F)C2)nn1. The van der Waals surface area contributed by atoms with E-state index in [9.17, 15) is 13.6 Å². The van der Waals surface area contributed by atoms with Crippen molar-refractivity contribution in [3.8, 4) is 5.75 Å². The van der Waals surface area contributed by atoms with Crippen molar-refractivity contribution in [2.75, 3.05) is 30.4 Å². The highest BCUT2D eigenvalue weighted by Gasteiger charge is 2.25. The van der Waals surface area contributed by atoms with Gasteiger partial charge in [-0.15, -0.1) is 10.2 Å². The molecular weight excluding hydrogens is 344 g/mol. The molecule has 2 N–H and O–H groups in total. The molecule has 1 aliphatic rings. The van der Waals surface area contributed by atoms with E-state index in [0.717, 1.165) is 6.42 Å². The molecule has 0 spiro atoms. The summed E-state index contributed by atoms with van der Waals surface area (Å²) in [5.74, 6) is 0.422. The van der Waals surface area contributed by atoms with Gasteiger partial charge in [0.2, 0.25) is 0 Å². The van der Waals surface area contributed by atoms with Crippen LogP contribution >= 0.6 is 0 Å². The third kappa shape index (κ3) is 4.16. The minimum atomic E-state index is -2.86. The Bertz CT molecular complexity index is 757. The number of anilines is 2. The number of carbonyl (C=O) groups is 1. The Hall–Kier alpha value is -2.97. The zero-order chi connectivity index (χ0) is 18.5. The molecule has 3 rings (SSSR count). The molecule has 2 heterocycles. The first-order valence-corrected chi connectivity index (χ1v) is 8.18. The molecule has 0 aliphatic carbocycles. The van der Waals surface area contributed by atoms with Crippen LogP contribution in [-0.4, -0.2) is 48.9 Å². The van der Waals surface area contributed by atoms with Crippen molar-refractivity contribution in [1.29, 1.82) is 0 Å². The Labute approximate surface area is 149 Å². The van der Waals surface area contributed by atoms with E-state index in [0.29, 0.717) is 24.6 Å². The molecule has 1 atom stereocenters. The Morgan fingerprint density at radius 2 is 2.08 bits per heavy atom. The van der Waals surface area contributed by atoms with Crippen LogP contribution in [0.3, 0.4) is 0 Å². The molecule has 0 radical (unpaired) electrons. The second-order valence-corrected chi connectivity index (χ2v) is 5.81. The fraction of sp³-hybridized carbons (Fsp3) is 0.353. The van der Waals surface area contributed by atoms with E-state index in [-0.39, 0.29) is 23.4 Å². The van der Waals surface area contributed by atoms with Gasteiger partial charge in [0.15, 0.2) is 5.69 Å². The first kappa shape index (κ1) is 17.8. The number of rotatable bonds is 6. The molecule has 26 heavy (non-hydrogen) atoms. The molecule has 0 saturated carbocycles. The van der Waals surface area contributed by atoms with Gasteiger partial charge in [-0.1, -0.05) is 12.1 Å². The normalized spacial score (nSPS) is 16.6. The third-order valence-electron chi connectivity index (χ3n) is 4.09. The average molecular weight is 363 g/mol. The zero-order valence-electron chi connectivity index (χ0n) is 14.2. The molecule has 7 nitrogen and oxygen atoms in total. The lowest BCUT2D eigenvalue weighted by Gasteiger charge is -2.22. The Morgan fingerprint density at radius 1 is 1.27 bits per heavy atom. The van der Waals surface area contributed by atoms with Crippen LogP contribution in [-0.2, 0) is 0 Å². The lowest BCUT2D eigenvalue weighted by molar-refractivity contribution is -0.0495. The number of ether oxygens (including phenoxy) is 1. The summed E-state index contributed by atoms with van der Waals surface area (Å²) < 4.78 is 29.7. The summed E-state index contributed by atoms with van der Waals surface area (Å²) in [7, 11) is 1.53. The maximum atomic E-state index is 12.6. The van der Waals surface area contributed by atoms with Crippen LogP contribution < -0.4 is 20.3 Å². The van der Waals surface area contributed by atoms with Gasteiger partial charge < -0.3 is 20.3 Å². The van der Waals surface area contributed by atoms with E-state index in [1.54, 1.807) is 30.3 Å². The van der Waals surface area contributed by atoms with Crippen LogP contribution in [0.2, 0.25) is 0 Å². The highest BCUT2D eigenvalue weighted by molar-refractivity contribution is 5.91. The van der Waals surface area contributed by atoms with Gasteiger partial charge in [-0.05, 0) is 30.7 Å². The lowest BCUT2D eigenvalue weighted by atomic mass is 10.2. The monoisotopic (exact) mass is 363 g/mol. The van der Waals surface area contributed by atoms with E-state index < -0.39 is 6.61 Å². The number of amides is 1. The van der Waals surface area contributed by atoms with Gasteiger partial charge in [0.25, 0.3) is 5.91 Å². The summed E-state index contributed by atoms with van der Waals surface area (Å²) in [6.45, 7) is -1.55. The first-order valence-electron chi connectivity index (χ1n) is 8.18. The summed E-state index contributed by atoms with van der Waals surface area (Å²) in [5, 5.41) is 13.6. The predicted octanol–water partition coefficient (Wildman–Crippen LogP) is 2.13. The number of para-hydroxylation sites is 2. The summed E-state index contributed by atoms with van der Waals surface area (Å²) in [6, 6.07) is 10.1. The number of alkyl halides is 2. The van der Waals surface area contributed by atoms with Crippen LogP contribution in [0.25, 0.3) is 0 Å². The summed E-state index contributed by atoms with van der Waals surface area (Å²) in [4.78, 5) is 13.5. The zero-order valence-corrected chi connectivity index (χ0v) is 14.2. The van der Waals surface area contributed by atoms with Crippen molar-refractivity contribution in [2.45, 2.75) is 19.1 Å². The molecule has 9 heteroatoms. The summed E-state index contributed by atoms with van der Waals surface area (Å²) in [5.41, 5.74) is 0.877. The number of nitrogens with zero attached hydrogens (tertiary/aromatic N) is 3. The molecule has 1 aromatic carbocycles. The number of hydrogen-bond donors (Lipinski definition) is 2. The van der Waals surface area contributed by atoms with Gasteiger partial charge in [-0.2, -0.15) is 8.78 Å². The van der Waals surface area contributed by atoms with E-state index in [1.807, 2.05) is 4.90 Å². The van der Waals surface area contributed by atoms with Crippen molar-refractivity contribution >= 4 is 17.4 Å². The Morgan fingerprint density at radius 3 is 2.77 bits per heavy atom. The van der Waals surface area contributed by atoms with Crippen LogP contribution in [0.4, 0.5) is 20.3 Å². The topological polar surface area (TPSA) is 79.4 Å². The average Bonchev–Trinajstić information content (AvgIpc) is 3.10. The van der Waals surface area contributed by atoms with Gasteiger partial charge in [0.1, 0.15) is 11.6 Å². The van der Waals surface area contributed by atoms with Crippen LogP contribution in [0.5, 0.6) is 5.75 Å². The fourth-order valence-electron chi connectivity index (χ4n) is 2.88. The van der Waals surface area contributed by atoms with Gasteiger partial charge >= 0.3 is 6.61 Å². The van der Waals surface area contributed by atoms with E-state index in [4.69, 9.17) is 0 Å². The van der Waals surface area contributed by atoms with E-state index >= 15 is 0 Å². The number of carbonyl (C=O) groups excluding carboxylic acids is 1. The highest BCUT2D eigenvalue weighted by atomic mass is 19.3. The number of aromatic nitrogens is 2. The summed E-state index contributed by atoms with van der Waals surface area (Å²) in [6.07, 6.45) is 0.807. The Balaban J connectivity index is 1.63. The largest absolute Gasteiger partial charge is 0.433 e. The molecule has 1 amide bonds. The van der Waals surface area contributed by atoms with Crippen molar-refractivity contribution in [3.05, 3.63) is 42.1 Å². The van der Waals surface area contributed by atoms with Crippen molar-refractivity contribution in [3.63, 3.8) is 0 Å². The van der Waals surface area contributed by atoms with Gasteiger partial charge in [0.05, 0.1) is 5.69 Å². The minimum Gasteiger partial charge on any atom is -0.433 e. The van der Waals surface area contributed by atoms with E-state index in [1.165, 1.54) is 13.1 Å². The van der Waals surface area contributed by atoms with Crippen LogP contribution in [0.1, 0.15) is 16.9 Å². The predicted molar refractivity (Wildman–Crippen MR) is 92.7 cm³/mol. The number of hydrogen-bond acceptors (Lipinski definition) is 6. The molecule has 1 aromatic heterocycles. The second kappa shape index (κ2) is 7.94. The second-order valence-electron chi connectivity index (χ2n) is 5.81. The number of benzene rings is 1. The molecule has 1 aliphatic heterocycles. The van der Waals surface area contributed by atoms with Gasteiger partial charge in [-0.25, -0.2) is 0 Å². The molecule has 1 unspecified atom stereocenters. The maximum absolute atomic E-state index is 12.6. The smallest absolute Gasteiger partial charge is 0.387 e. The minimum absolute atomic E-state index is 0.0785. The first-order chi connectivity index (χ1) is 12.6. The maximum Gasteiger partial charge on any atom is 0.387 e. The van der Waals surface area contributed by atoms with E-state index in [2.05, 4.69) is 25.6 Å². The number of nitrogens with one attached hydrogen (secondary N) is 2. The molecular formula is C17H19F2N5O2. The van der Waals surface area contributed by atoms with Gasteiger partial charge in [0, 0.05) is 26.2 Å². The fourth-order valence-corrected chi connectivity index (χ4v) is 2.88. The number of halogens is 2. The quantitative estimate of drug-likeness (QED) is 0.819. The van der Waals surface area contributed by atoms with Crippen LogP contribution in [0.15, 0.2) is 36.4 Å². The van der Waals surface area contributed by atoms with Crippen molar-refractivity contribution in [2.24, 2.45) is 0 Å².